The highest BCUT2D eigenvalue weighted by Gasteiger charge is 2.20. The summed E-state index contributed by atoms with van der Waals surface area (Å²) in [7, 11) is 1.67. The summed E-state index contributed by atoms with van der Waals surface area (Å²) in [6.07, 6.45) is 7.14. The van der Waals surface area contributed by atoms with Gasteiger partial charge in [-0.1, -0.05) is 6.07 Å². The second-order valence-electron chi connectivity index (χ2n) is 6.93. The summed E-state index contributed by atoms with van der Waals surface area (Å²) in [6, 6.07) is 5.65. The zero-order valence-corrected chi connectivity index (χ0v) is 17.2. The number of fused-ring (bicyclic) bond motifs is 1. The number of methoxy groups -OCH3 is 1. The first kappa shape index (κ1) is 19.7. The molecular formula is C21H23N7O2. The van der Waals surface area contributed by atoms with E-state index in [4.69, 9.17) is 4.74 Å². The molecule has 0 bridgehead atoms. The van der Waals surface area contributed by atoms with E-state index >= 15 is 0 Å². The number of aryl methyl sites for hydroxylation is 2. The van der Waals surface area contributed by atoms with Crippen LogP contribution in [-0.4, -0.2) is 48.5 Å². The van der Waals surface area contributed by atoms with Crippen LogP contribution in [0.25, 0.3) is 17.0 Å². The smallest absolute Gasteiger partial charge is 0.272 e. The molecule has 0 aliphatic rings. The first-order valence-corrected chi connectivity index (χ1v) is 9.62. The molecule has 0 saturated carbocycles. The van der Waals surface area contributed by atoms with E-state index in [1.165, 1.54) is 0 Å². The van der Waals surface area contributed by atoms with Crippen LogP contribution in [0.2, 0.25) is 0 Å². The summed E-state index contributed by atoms with van der Waals surface area (Å²) in [5.74, 6) is 1.20. The van der Waals surface area contributed by atoms with Gasteiger partial charge in [0.1, 0.15) is 11.5 Å². The Balaban J connectivity index is 1.63. The summed E-state index contributed by atoms with van der Waals surface area (Å²) in [6.45, 7) is 5.37. The third-order valence-corrected chi connectivity index (χ3v) is 4.77. The minimum absolute atomic E-state index is 0.275. The number of carbonyl (C=O) groups is 1. The molecule has 0 aliphatic carbocycles. The lowest BCUT2D eigenvalue weighted by Gasteiger charge is -2.03. The van der Waals surface area contributed by atoms with Crippen LogP contribution in [0.15, 0.2) is 43.0 Å². The fourth-order valence-corrected chi connectivity index (χ4v) is 3.18. The minimum Gasteiger partial charge on any atom is -0.383 e. The number of hydrogen-bond acceptors (Lipinski definition) is 6. The van der Waals surface area contributed by atoms with Crippen molar-refractivity contribution in [2.45, 2.75) is 26.9 Å². The van der Waals surface area contributed by atoms with Crippen molar-refractivity contribution in [1.29, 1.82) is 0 Å². The molecule has 0 atom stereocenters. The number of hydrogen-bond donors (Lipinski definition) is 1. The lowest BCUT2D eigenvalue weighted by Crippen LogP contribution is -2.24. The summed E-state index contributed by atoms with van der Waals surface area (Å²) in [5, 5.41) is 2.88. The van der Waals surface area contributed by atoms with Gasteiger partial charge in [-0.2, -0.15) is 0 Å². The van der Waals surface area contributed by atoms with Crippen molar-refractivity contribution in [1.82, 2.24) is 34.2 Å². The van der Waals surface area contributed by atoms with Gasteiger partial charge in [0.05, 0.1) is 36.3 Å². The van der Waals surface area contributed by atoms with Gasteiger partial charge >= 0.3 is 0 Å². The average molecular weight is 405 g/mol. The maximum Gasteiger partial charge on any atom is 0.272 e. The maximum absolute atomic E-state index is 12.9. The highest BCUT2D eigenvalue weighted by molar-refractivity contribution is 5.99. The molecule has 9 nitrogen and oxygen atoms in total. The van der Waals surface area contributed by atoms with Gasteiger partial charge in [0, 0.05) is 32.2 Å². The van der Waals surface area contributed by atoms with Gasteiger partial charge in [-0.15, -0.1) is 0 Å². The Labute approximate surface area is 173 Å². The number of ether oxygens (including phenoxy) is 1. The number of rotatable bonds is 7. The fourth-order valence-electron chi connectivity index (χ4n) is 3.18. The average Bonchev–Trinajstić information content (AvgIpc) is 3.32. The molecule has 0 unspecified atom stereocenters. The number of imidazole rings is 2. The lowest BCUT2D eigenvalue weighted by molar-refractivity contribution is 0.0947. The van der Waals surface area contributed by atoms with Crippen LogP contribution < -0.4 is 5.32 Å². The molecule has 4 heterocycles. The van der Waals surface area contributed by atoms with Crippen LogP contribution in [0.4, 0.5) is 0 Å². The Morgan fingerprint density at radius 2 is 2.03 bits per heavy atom. The number of carbonyl (C=O) groups excluding carboxylic acids is 1. The van der Waals surface area contributed by atoms with E-state index in [2.05, 4.69) is 25.3 Å². The molecule has 4 aromatic heterocycles. The van der Waals surface area contributed by atoms with Crippen LogP contribution in [0.1, 0.15) is 27.7 Å². The second-order valence-corrected chi connectivity index (χ2v) is 6.93. The van der Waals surface area contributed by atoms with Gasteiger partial charge in [0.25, 0.3) is 5.91 Å². The van der Waals surface area contributed by atoms with E-state index in [9.17, 15) is 4.79 Å². The van der Waals surface area contributed by atoms with Crippen LogP contribution in [0.5, 0.6) is 0 Å². The van der Waals surface area contributed by atoms with E-state index in [1.54, 1.807) is 19.5 Å². The van der Waals surface area contributed by atoms with Gasteiger partial charge in [0.15, 0.2) is 11.5 Å². The van der Waals surface area contributed by atoms with Crippen LogP contribution in [0.3, 0.4) is 0 Å². The Bertz CT molecular complexity index is 1180. The number of amides is 1. The molecule has 154 valence electrons. The minimum atomic E-state index is -0.275. The van der Waals surface area contributed by atoms with E-state index in [0.717, 1.165) is 11.5 Å². The Morgan fingerprint density at radius 3 is 2.80 bits per heavy atom. The van der Waals surface area contributed by atoms with Crippen LogP contribution in [0, 0.1) is 13.8 Å². The topological polar surface area (TPSA) is 99.2 Å². The van der Waals surface area contributed by atoms with Crippen molar-refractivity contribution in [3.63, 3.8) is 0 Å². The quantitative estimate of drug-likeness (QED) is 0.506. The van der Waals surface area contributed by atoms with E-state index in [1.807, 2.05) is 53.4 Å². The molecule has 9 heteroatoms. The fraction of sp³-hybridized carbons (Fsp3) is 0.286. The molecule has 4 aromatic rings. The van der Waals surface area contributed by atoms with Crippen molar-refractivity contribution in [3.05, 3.63) is 65.9 Å². The molecule has 0 aliphatic heterocycles. The molecule has 1 amide bonds. The number of nitrogens with zero attached hydrogens (tertiary/aromatic N) is 6. The highest BCUT2D eigenvalue weighted by atomic mass is 16.5. The standard InChI is InChI=1S/C21H23N7O2/c1-14-10-23-16(11-22-14)12-24-21(29)19-18-6-4-5-7-28(18)20(26-19)17-13-27(8-9-30-3)15(2)25-17/h4-7,10-11,13H,8-9,12H2,1-3H3,(H,24,29). The third kappa shape index (κ3) is 3.92. The number of nitrogens with one attached hydrogen (secondary N) is 1. The first-order valence-electron chi connectivity index (χ1n) is 9.62. The number of aromatic nitrogens is 6. The Hall–Kier alpha value is -3.59. The summed E-state index contributed by atoms with van der Waals surface area (Å²) in [5.41, 5.74) is 3.27. The second kappa shape index (κ2) is 8.42. The zero-order chi connectivity index (χ0) is 21.1. The van der Waals surface area contributed by atoms with E-state index < -0.39 is 0 Å². The Kier molecular flexibility index (Phi) is 5.53. The predicted molar refractivity (Wildman–Crippen MR) is 111 cm³/mol. The molecule has 0 aromatic carbocycles. The SMILES string of the molecule is COCCn1cc(-c2nc(C(=O)NCc3cnc(C)cn3)c3ccccn23)nc1C. The highest BCUT2D eigenvalue weighted by Crippen LogP contribution is 2.22. The third-order valence-electron chi connectivity index (χ3n) is 4.77. The maximum atomic E-state index is 12.9. The Morgan fingerprint density at radius 1 is 1.17 bits per heavy atom. The molecule has 30 heavy (non-hydrogen) atoms. The summed E-state index contributed by atoms with van der Waals surface area (Å²) < 4.78 is 9.05. The predicted octanol–water partition coefficient (Wildman–Crippen LogP) is 2.18. The normalized spacial score (nSPS) is 11.2. The largest absolute Gasteiger partial charge is 0.383 e. The monoisotopic (exact) mass is 405 g/mol. The summed E-state index contributed by atoms with van der Waals surface area (Å²) in [4.78, 5) is 30.6. The molecule has 0 spiro atoms. The molecule has 0 saturated heterocycles. The van der Waals surface area contributed by atoms with Crippen molar-refractivity contribution in [2.24, 2.45) is 0 Å². The molecule has 0 fully saturated rings. The van der Waals surface area contributed by atoms with Gasteiger partial charge in [-0.25, -0.2) is 9.97 Å². The molecule has 0 radical (unpaired) electrons. The van der Waals surface area contributed by atoms with Gasteiger partial charge < -0.3 is 14.6 Å². The molecule has 4 rings (SSSR count). The van der Waals surface area contributed by atoms with Gasteiger partial charge in [0.2, 0.25) is 0 Å². The van der Waals surface area contributed by atoms with Gasteiger partial charge in [-0.05, 0) is 26.0 Å². The van der Waals surface area contributed by atoms with Crippen molar-refractivity contribution < 1.29 is 9.53 Å². The van der Waals surface area contributed by atoms with E-state index in [0.29, 0.717) is 41.6 Å². The zero-order valence-electron chi connectivity index (χ0n) is 17.2. The van der Waals surface area contributed by atoms with Crippen molar-refractivity contribution in [3.8, 4) is 11.5 Å². The van der Waals surface area contributed by atoms with Crippen molar-refractivity contribution >= 4 is 11.4 Å². The number of pyridine rings is 1. The lowest BCUT2D eigenvalue weighted by atomic mass is 10.3. The molecule has 1 N–H and O–H groups in total. The molecular weight excluding hydrogens is 382 g/mol. The first-order chi connectivity index (χ1) is 14.6. The van der Waals surface area contributed by atoms with Crippen LogP contribution >= 0.6 is 0 Å². The van der Waals surface area contributed by atoms with Crippen molar-refractivity contribution in [2.75, 3.05) is 13.7 Å². The van der Waals surface area contributed by atoms with Crippen LogP contribution in [-0.2, 0) is 17.8 Å². The van der Waals surface area contributed by atoms with E-state index in [-0.39, 0.29) is 12.5 Å². The van der Waals surface area contributed by atoms with Gasteiger partial charge in [-0.3, -0.25) is 19.2 Å². The summed E-state index contributed by atoms with van der Waals surface area (Å²) >= 11 is 0.